The van der Waals surface area contributed by atoms with Crippen LogP contribution in [-0.4, -0.2) is 17.7 Å². The average molecular weight is 237 g/mol. The maximum Gasteiger partial charge on any atom is 0.146 e. The third-order valence-corrected chi connectivity index (χ3v) is 3.22. The summed E-state index contributed by atoms with van der Waals surface area (Å²) in [7, 11) is 0. The average Bonchev–Trinajstić information content (AvgIpc) is 3.10. The summed E-state index contributed by atoms with van der Waals surface area (Å²) < 4.78 is 14.0. The molecule has 2 rings (SSSR count). The first-order valence-corrected chi connectivity index (χ1v) is 6.37. The summed E-state index contributed by atoms with van der Waals surface area (Å²) in [6.45, 7) is 4.66. The van der Waals surface area contributed by atoms with Crippen LogP contribution in [0, 0.1) is 5.82 Å². The molecule has 1 aliphatic carbocycles. The highest BCUT2D eigenvalue weighted by atomic mass is 19.1. The molecule has 1 N–H and O–H groups in total. The van der Waals surface area contributed by atoms with Crippen LogP contribution in [0.25, 0.3) is 0 Å². The van der Waals surface area contributed by atoms with Gasteiger partial charge < -0.3 is 10.0 Å². The van der Waals surface area contributed by atoms with Gasteiger partial charge in [0, 0.05) is 12.6 Å². The second-order valence-electron chi connectivity index (χ2n) is 4.81. The first kappa shape index (κ1) is 12.4. The number of nitrogens with zero attached hydrogens (tertiary/aromatic N) is 1. The number of hydrogen-bond donors (Lipinski definition) is 1. The summed E-state index contributed by atoms with van der Waals surface area (Å²) in [5.41, 5.74) is 1.32. The normalized spacial score (nSPS) is 16.9. The van der Waals surface area contributed by atoms with Gasteiger partial charge in [-0.25, -0.2) is 4.39 Å². The lowest BCUT2D eigenvalue weighted by Crippen LogP contribution is -2.27. The van der Waals surface area contributed by atoms with Crippen molar-refractivity contribution in [3.63, 3.8) is 0 Å². The molecule has 0 unspecified atom stereocenters. The zero-order valence-corrected chi connectivity index (χ0v) is 10.5. The molecule has 0 aliphatic heterocycles. The largest absolute Gasteiger partial charge is 0.389 e. The molecule has 1 fully saturated rings. The highest BCUT2D eigenvalue weighted by Crippen LogP contribution is 2.34. The number of hydrogen-bond acceptors (Lipinski definition) is 2. The van der Waals surface area contributed by atoms with E-state index in [2.05, 4.69) is 11.8 Å². The van der Waals surface area contributed by atoms with Crippen LogP contribution in [0.1, 0.15) is 44.8 Å². The van der Waals surface area contributed by atoms with Crippen molar-refractivity contribution in [2.24, 2.45) is 0 Å². The highest BCUT2D eigenvalue weighted by Gasteiger charge is 2.30. The maximum absolute atomic E-state index is 14.0. The molecule has 1 aliphatic rings. The highest BCUT2D eigenvalue weighted by molar-refractivity contribution is 5.51. The second-order valence-corrected chi connectivity index (χ2v) is 4.81. The van der Waals surface area contributed by atoms with Crippen molar-refractivity contribution in [3.05, 3.63) is 29.6 Å². The molecule has 3 heteroatoms. The van der Waals surface area contributed by atoms with Gasteiger partial charge >= 0.3 is 0 Å². The van der Waals surface area contributed by atoms with Gasteiger partial charge in [0.1, 0.15) is 5.82 Å². The van der Waals surface area contributed by atoms with Crippen LogP contribution >= 0.6 is 0 Å². The van der Waals surface area contributed by atoms with E-state index in [1.807, 2.05) is 6.07 Å². The van der Waals surface area contributed by atoms with Crippen LogP contribution in [0.4, 0.5) is 10.1 Å². The molecular formula is C14H20FNO. The van der Waals surface area contributed by atoms with Crippen LogP contribution in [0.5, 0.6) is 0 Å². The fourth-order valence-corrected chi connectivity index (χ4v) is 2.14. The number of benzene rings is 1. The van der Waals surface area contributed by atoms with E-state index in [0.29, 0.717) is 17.3 Å². The van der Waals surface area contributed by atoms with Crippen molar-refractivity contribution < 1.29 is 9.50 Å². The van der Waals surface area contributed by atoms with Gasteiger partial charge in [-0.1, -0.05) is 13.0 Å². The predicted octanol–water partition coefficient (Wildman–Crippen LogP) is 3.26. The monoisotopic (exact) mass is 237 g/mol. The van der Waals surface area contributed by atoms with Crippen LogP contribution in [0.3, 0.4) is 0 Å². The van der Waals surface area contributed by atoms with Crippen LogP contribution < -0.4 is 4.90 Å². The van der Waals surface area contributed by atoms with E-state index in [4.69, 9.17) is 0 Å². The van der Waals surface area contributed by atoms with Gasteiger partial charge in [0.15, 0.2) is 0 Å². The summed E-state index contributed by atoms with van der Waals surface area (Å²) in [5, 5.41) is 9.42. The first-order chi connectivity index (χ1) is 8.13. The number of anilines is 1. The second kappa shape index (κ2) is 5.05. The van der Waals surface area contributed by atoms with Crippen LogP contribution in [-0.2, 0) is 0 Å². The Balaban J connectivity index is 2.24. The molecule has 1 saturated carbocycles. The van der Waals surface area contributed by atoms with Gasteiger partial charge in [0.25, 0.3) is 0 Å². The molecule has 0 spiro atoms. The van der Waals surface area contributed by atoms with Crippen molar-refractivity contribution in [2.75, 3.05) is 11.4 Å². The Hall–Kier alpha value is -1.09. The van der Waals surface area contributed by atoms with E-state index >= 15 is 0 Å². The Bertz CT molecular complexity index is 388. The van der Waals surface area contributed by atoms with Gasteiger partial charge in [-0.05, 0) is 43.9 Å². The minimum absolute atomic E-state index is 0.219. The molecule has 0 aromatic heterocycles. The number of rotatable bonds is 5. The first-order valence-electron chi connectivity index (χ1n) is 6.37. The van der Waals surface area contributed by atoms with Gasteiger partial charge in [0.05, 0.1) is 11.8 Å². The quantitative estimate of drug-likeness (QED) is 0.849. The van der Waals surface area contributed by atoms with E-state index in [0.717, 1.165) is 25.8 Å². The molecule has 1 aromatic carbocycles. The molecule has 0 heterocycles. The Morgan fingerprint density at radius 3 is 2.65 bits per heavy atom. The lowest BCUT2D eigenvalue weighted by Gasteiger charge is -2.25. The van der Waals surface area contributed by atoms with Gasteiger partial charge in [-0.2, -0.15) is 0 Å². The smallest absolute Gasteiger partial charge is 0.146 e. The summed E-state index contributed by atoms with van der Waals surface area (Å²) in [6.07, 6.45) is 2.74. The van der Waals surface area contributed by atoms with E-state index in [1.165, 1.54) is 6.07 Å². The van der Waals surface area contributed by atoms with Crippen LogP contribution in [0.15, 0.2) is 18.2 Å². The number of aliphatic hydroxyl groups excluding tert-OH is 1. The zero-order valence-electron chi connectivity index (χ0n) is 10.5. The van der Waals surface area contributed by atoms with Gasteiger partial charge in [0.2, 0.25) is 0 Å². The standard InChI is InChI=1S/C14H20FNO/c1-3-8-16(12-5-6-12)14-7-4-11(10(2)17)9-13(14)15/h4,7,9-10,12,17H,3,5-6,8H2,1-2H3/t10-/m1/s1. The summed E-state index contributed by atoms with van der Waals surface area (Å²) in [5.74, 6) is -0.219. The van der Waals surface area contributed by atoms with Gasteiger partial charge in [-0.15, -0.1) is 0 Å². The minimum Gasteiger partial charge on any atom is -0.389 e. The molecule has 1 aromatic rings. The predicted molar refractivity (Wildman–Crippen MR) is 67.7 cm³/mol. The molecule has 0 amide bonds. The topological polar surface area (TPSA) is 23.5 Å². The van der Waals surface area contributed by atoms with E-state index < -0.39 is 6.10 Å². The molecule has 94 valence electrons. The van der Waals surface area contributed by atoms with Gasteiger partial charge in [-0.3, -0.25) is 0 Å². The maximum atomic E-state index is 14.0. The molecule has 0 bridgehead atoms. The molecule has 0 saturated heterocycles. The Morgan fingerprint density at radius 1 is 1.47 bits per heavy atom. The minimum atomic E-state index is -0.612. The Morgan fingerprint density at radius 2 is 2.18 bits per heavy atom. The van der Waals surface area contributed by atoms with Crippen molar-refractivity contribution in [3.8, 4) is 0 Å². The van der Waals surface area contributed by atoms with E-state index in [1.54, 1.807) is 13.0 Å². The summed E-state index contributed by atoms with van der Waals surface area (Å²) in [6, 6.07) is 5.58. The Labute approximate surface area is 102 Å². The summed E-state index contributed by atoms with van der Waals surface area (Å²) in [4.78, 5) is 2.15. The Kier molecular flexibility index (Phi) is 3.67. The van der Waals surface area contributed by atoms with Crippen molar-refractivity contribution in [1.29, 1.82) is 0 Å². The van der Waals surface area contributed by atoms with Crippen LogP contribution in [0.2, 0.25) is 0 Å². The SMILES string of the molecule is CCCN(c1ccc([C@@H](C)O)cc1F)C1CC1. The van der Waals surface area contributed by atoms with Crippen molar-refractivity contribution in [1.82, 2.24) is 0 Å². The van der Waals surface area contributed by atoms with E-state index in [9.17, 15) is 9.50 Å². The number of aliphatic hydroxyl groups is 1. The fraction of sp³-hybridized carbons (Fsp3) is 0.571. The molecule has 0 radical (unpaired) electrons. The van der Waals surface area contributed by atoms with Crippen molar-refractivity contribution >= 4 is 5.69 Å². The lowest BCUT2D eigenvalue weighted by molar-refractivity contribution is 0.199. The molecular weight excluding hydrogens is 217 g/mol. The van der Waals surface area contributed by atoms with E-state index in [-0.39, 0.29) is 5.82 Å². The molecule has 17 heavy (non-hydrogen) atoms. The van der Waals surface area contributed by atoms with Crippen molar-refractivity contribution in [2.45, 2.75) is 45.3 Å². The molecule has 1 atom stereocenters. The third-order valence-electron chi connectivity index (χ3n) is 3.22. The fourth-order valence-electron chi connectivity index (χ4n) is 2.14. The molecule has 2 nitrogen and oxygen atoms in total. The summed E-state index contributed by atoms with van der Waals surface area (Å²) >= 11 is 0. The zero-order chi connectivity index (χ0) is 12.4. The third kappa shape index (κ3) is 2.78. The lowest BCUT2D eigenvalue weighted by atomic mass is 10.1. The number of halogens is 1.